The van der Waals surface area contributed by atoms with E-state index < -0.39 is 11.9 Å². The monoisotopic (exact) mass is 416 g/mol. The van der Waals surface area contributed by atoms with Gasteiger partial charge in [-0.1, -0.05) is 6.92 Å². The van der Waals surface area contributed by atoms with Crippen LogP contribution in [0, 0.1) is 5.92 Å². The van der Waals surface area contributed by atoms with Gasteiger partial charge in [-0.2, -0.15) is 0 Å². The number of amides is 1. The third-order valence-corrected chi connectivity index (χ3v) is 5.10. The van der Waals surface area contributed by atoms with E-state index in [2.05, 4.69) is 42.2 Å². The summed E-state index contributed by atoms with van der Waals surface area (Å²) in [6, 6.07) is 3.76. The number of carboxylic acids is 1. The van der Waals surface area contributed by atoms with Gasteiger partial charge in [0.1, 0.15) is 0 Å². The van der Waals surface area contributed by atoms with Crippen LogP contribution >= 0.6 is 31.9 Å². The molecule has 2 aromatic rings. The van der Waals surface area contributed by atoms with Gasteiger partial charge in [0.2, 0.25) is 0 Å². The highest BCUT2D eigenvalue weighted by atomic mass is 79.9. The van der Waals surface area contributed by atoms with Crippen LogP contribution in [0.1, 0.15) is 23.7 Å². The second kappa shape index (κ2) is 6.62. The molecule has 1 atom stereocenters. The number of hydrogen-bond donors (Lipinski definition) is 3. The minimum absolute atomic E-state index is 0.215. The molecule has 0 spiro atoms. The number of hydrogen-bond acceptors (Lipinski definition) is 2. The highest BCUT2D eigenvalue weighted by Crippen LogP contribution is 2.30. The lowest BCUT2D eigenvalue weighted by Gasteiger charge is -2.07. The number of aromatic amines is 1. The Morgan fingerprint density at radius 3 is 2.67 bits per heavy atom. The number of aliphatic carboxylic acids is 1. The Morgan fingerprint density at radius 2 is 2.00 bits per heavy atom. The Bertz CT molecular complexity index is 697. The number of H-pyrrole nitrogens is 1. The molecule has 1 aromatic heterocycles. The quantitative estimate of drug-likeness (QED) is 0.695. The fraction of sp³-hybridized carbons (Fsp3) is 0.286. The summed E-state index contributed by atoms with van der Waals surface area (Å²) < 4.78 is 1.77. The van der Waals surface area contributed by atoms with Crippen LogP contribution < -0.4 is 5.32 Å². The molecule has 21 heavy (non-hydrogen) atoms. The van der Waals surface area contributed by atoms with Crippen molar-refractivity contribution in [1.82, 2.24) is 10.3 Å². The van der Waals surface area contributed by atoms with Crippen LogP contribution in [0.15, 0.2) is 27.3 Å². The summed E-state index contributed by atoms with van der Waals surface area (Å²) in [4.78, 5) is 25.9. The number of nitrogens with one attached hydrogen (secondary N) is 2. The van der Waals surface area contributed by atoms with Gasteiger partial charge < -0.3 is 15.4 Å². The molecule has 0 aliphatic rings. The minimum atomic E-state index is -0.856. The van der Waals surface area contributed by atoms with Crippen molar-refractivity contribution in [3.63, 3.8) is 0 Å². The lowest BCUT2D eigenvalue weighted by molar-refractivity contribution is -0.141. The van der Waals surface area contributed by atoms with Crippen LogP contribution in [0.5, 0.6) is 0 Å². The van der Waals surface area contributed by atoms with Gasteiger partial charge in [0, 0.05) is 32.6 Å². The van der Waals surface area contributed by atoms with E-state index in [-0.39, 0.29) is 5.91 Å². The summed E-state index contributed by atoms with van der Waals surface area (Å²) in [6.07, 6.45) is 2.05. The van der Waals surface area contributed by atoms with Gasteiger partial charge in [-0.25, -0.2) is 0 Å². The summed E-state index contributed by atoms with van der Waals surface area (Å²) >= 11 is 6.83. The summed E-state index contributed by atoms with van der Waals surface area (Å²) in [5.74, 6) is -1.54. The largest absolute Gasteiger partial charge is 0.481 e. The Hall–Kier alpha value is -1.34. The van der Waals surface area contributed by atoms with E-state index in [0.717, 1.165) is 19.8 Å². The second-order valence-corrected chi connectivity index (χ2v) is 6.51. The molecule has 0 saturated heterocycles. The Balaban J connectivity index is 2.10. The van der Waals surface area contributed by atoms with E-state index in [1.807, 2.05) is 12.1 Å². The summed E-state index contributed by atoms with van der Waals surface area (Å²) in [7, 11) is 0. The van der Waals surface area contributed by atoms with Crippen molar-refractivity contribution in [1.29, 1.82) is 0 Å². The van der Waals surface area contributed by atoms with Gasteiger partial charge in [0.15, 0.2) is 0 Å². The Kier molecular flexibility index (Phi) is 5.05. The first kappa shape index (κ1) is 16.0. The molecule has 3 N–H and O–H groups in total. The average molecular weight is 418 g/mol. The third kappa shape index (κ3) is 3.65. The molecule has 112 valence electrons. The molecule has 0 saturated carbocycles. The predicted octanol–water partition coefficient (Wildman–Crippen LogP) is 3.53. The first-order valence-electron chi connectivity index (χ1n) is 6.37. The van der Waals surface area contributed by atoms with Gasteiger partial charge in [-0.3, -0.25) is 9.59 Å². The predicted molar refractivity (Wildman–Crippen MR) is 87.4 cm³/mol. The van der Waals surface area contributed by atoms with Crippen LogP contribution in [0.25, 0.3) is 10.9 Å². The second-order valence-electron chi connectivity index (χ2n) is 4.80. The zero-order valence-corrected chi connectivity index (χ0v) is 14.4. The first-order chi connectivity index (χ1) is 9.90. The van der Waals surface area contributed by atoms with E-state index in [4.69, 9.17) is 5.11 Å². The van der Waals surface area contributed by atoms with E-state index >= 15 is 0 Å². The highest BCUT2D eigenvalue weighted by Gasteiger charge is 2.15. The Morgan fingerprint density at radius 1 is 1.33 bits per heavy atom. The van der Waals surface area contributed by atoms with Gasteiger partial charge >= 0.3 is 5.97 Å². The molecular weight excluding hydrogens is 404 g/mol. The molecule has 1 amide bonds. The smallest absolute Gasteiger partial charge is 0.306 e. The lowest BCUT2D eigenvalue weighted by Crippen LogP contribution is -2.26. The molecule has 0 fully saturated rings. The lowest BCUT2D eigenvalue weighted by atomic mass is 10.1. The number of halogens is 2. The number of benzene rings is 1. The van der Waals surface area contributed by atoms with Crippen LogP contribution in [0.3, 0.4) is 0 Å². The maximum Gasteiger partial charge on any atom is 0.306 e. The number of fused-ring (bicyclic) bond motifs is 1. The van der Waals surface area contributed by atoms with E-state index in [9.17, 15) is 9.59 Å². The van der Waals surface area contributed by atoms with Crippen molar-refractivity contribution in [3.8, 4) is 0 Å². The number of aromatic nitrogens is 1. The fourth-order valence-electron chi connectivity index (χ4n) is 1.93. The van der Waals surface area contributed by atoms with Gasteiger partial charge in [0.05, 0.1) is 11.5 Å². The van der Waals surface area contributed by atoms with Crippen molar-refractivity contribution in [3.05, 3.63) is 32.8 Å². The van der Waals surface area contributed by atoms with E-state index in [1.54, 1.807) is 13.1 Å². The number of rotatable bonds is 5. The number of carbonyl (C=O) groups excluding carboxylic acids is 1. The van der Waals surface area contributed by atoms with Crippen molar-refractivity contribution in [2.24, 2.45) is 5.92 Å². The van der Waals surface area contributed by atoms with Crippen LogP contribution in [-0.4, -0.2) is 28.5 Å². The molecule has 0 bridgehead atoms. The van der Waals surface area contributed by atoms with Crippen LogP contribution in [0.2, 0.25) is 0 Å². The molecule has 2 rings (SSSR count). The zero-order valence-electron chi connectivity index (χ0n) is 11.2. The molecule has 5 nitrogen and oxygen atoms in total. The maximum absolute atomic E-state index is 12.2. The molecule has 7 heteroatoms. The van der Waals surface area contributed by atoms with Crippen molar-refractivity contribution in [2.45, 2.75) is 13.3 Å². The van der Waals surface area contributed by atoms with Crippen molar-refractivity contribution in [2.75, 3.05) is 6.54 Å². The maximum atomic E-state index is 12.2. The molecule has 1 aromatic carbocycles. The van der Waals surface area contributed by atoms with Gasteiger partial charge in [-0.15, -0.1) is 0 Å². The fourth-order valence-corrected chi connectivity index (χ4v) is 2.61. The molecule has 0 radical (unpaired) electrons. The van der Waals surface area contributed by atoms with Gasteiger partial charge in [-0.05, 0) is 50.4 Å². The van der Waals surface area contributed by atoms with Crippen LogP contribution in [0.4, 0.5) is 0 Å². The summed E-state index contributed by atoms with van der Waals surface area (Å²) in [5, 5.41) is 12.4. The van der Waals surface area contributed by atoms with Crippen molar-refractivity contribution < 1.29 is 14.7 Å². The van der Waals surface area contributed by atoms with Crippen LogP contribution in [-0.2, 0) is 4.79 Å². The first-order valence-corrected chi connectivity index (χ1v) is 7.96. The van der Waals surface area contributed by atoms with E-state index in [0.29, 0.717) is 18.5 Å². The zero-order chi connectivity index (χ0) is 15.6. The molecule has 1 unspecified atom stereocenters. The molecule has 1 heterocycles. The van der Waals surface area contributed by atoms with Gasteiger partial charge in [0.25, 0.3) is 5.91 Å². The standard InChI is InChI=1S/C14H14Br2N2O3/c1-7(14(20)21)2-3-17-13(19)9-6-18-12-5-11(16)10(15)4-8(9)12/h4-7,18H,2-3H2,1H3,(H,17,19)(H,20,21). The SMILES string of the molecule is CC(CCNC(=O)c1c[nH]c2cc(Br)c(Br)cc12)C(=O)O. The minimum Gasteiger partial charge on any atom is -0.481 e. The topological polar surface area (TPSA) is 82.2 Å². The highest BCUT2D eigenvalue weighted by molar-refractivity contribution is 9.13. The number of carboxylic acid groups (broad SMARTS) is 1. The third-order valence-electron chi connectivity index (χ3n) is 3.25. The summed E-state index contributed by atoms with van der Waals surface area (Å²) in [6.45, 7) is 1.95. The average Bonchev–Trinajstić information content (AvgIpc) is 2.81. The van der Waals surface area contributed by atoms with Crippen molar-refractivity contribution >= 4 is 54.6 Å². The van der Waals surface area contributed by atoms with E-state index in [1.165, 1.54) is 0 Å². The molecular formula is C14H14Br2N2O3. The molecule has 0 aliphatic heterocycles. The Labute approximate surface area is 138 Å². The number of carbonyl (C=O) groups is 2. The summed E-state index contributed by atoms with van der Waals surface area (Å²) in [5.41, 5.74) is 1.40. The molecule has 0 aliphatic carbocycles. The normalized spacial score (nSPS) is 12.3.